The van der Waals surface area contributed by atoms with Gasteiger partial charge in [-0.25, -0.2) is 0 Å². The third-order valence-corrected chi connectivity index (χ3v) is 2.70. The van der Waals surface area contributed by atoms with E-state index in [0.29, 0.717) is 17.4 Å². The summed E-state index contributed by atoms with van der Waals surface area (Å²) < 4.78 is 10.6. The number of benzene rings is 1. The van der Waals surface area contributed by atoms with Crippen LogP contribution in [0.15, 0.2) is 18.2 Å². The number of nitrogen functional groups attached to an aromatic ring is 2. The van der Waals surface area contributed by atoms with E-state index < -0.39 is 0 Å². The van der Waals surface area contributed by atoms with Crippen LogP contribution in [0.3, 0.4) is 0 Å². The van der Waals surface area contributed by atoms with Crippen LogP contribution >= 0.6 is 0 Å². The van der Waals surface area contributed by atoms with Crippen LogP contribution in [0.1, 0.15) is 0 Å². The van der Waals surface area contributed by atoms with Crippen molar-refractivity contribution in [3.63, 3.8) is 0 Å². The van der Waals surface area contributed by atoms with Crippen molar-refractivity contribution in [3.05, 3.63) is 18.2 Å². The molecule has 2 heterocycles. The Morgan fingerprint density at radius 3 is 2.47 bits per heavy atom. The molecule has 1 aliphatic rings. The van der Waals surface area contributed by atoms with Crippen LogP contribution in [-0.4, -0.2) is 28.8 Å². The molecular formula is C11H12N6O2. The van der Waals surface area contributed by atoms with Crippen LogP contribution in [0.2, 0.25) is 0 Å². The maximum atomic E-state index is 5.55. The minimum absolute atomic E-state index is 0.0788. The van der Waals surface area contributed by atoms with Gasteiger partial charge in [-0.15, -0.1) is 0 Å². The Kier molecular flexibility index (Phi) is 2.48. The first-order chi connectivity index (χ1) is 9.13. The van der Waals surface area contributed by atoms with Crippen molar-refractivity contribution in [2.75, 3.05) is 30.2 Å². The minimum Gasteiger partial charge on any atom is -0.454 e. The van der Waals surface area contributed by atoms with E-state index in [4.69, 9.17) is 20.9 Å². The zero-order chi connectivity index (χ0) is 13.4. The summed E-state index contributed by atoms with van der Waals surface area (Å²) in [4.78, 5) is 13.5. The lowest BCUT2D eigenvalue weighted by Crippen LogP contribution is -2.16. The molecular weight excluding hydrogens is 248 g/mol. The zero-order valence-electron chi connectivity index (χ0n) is 10.2. The van der Waals surface area contributed by atoms with Gasteiger partial charge in [-0.2, -0.15) is 15.0 Å². The Labute approximate surface area is 109 Å². The Bertz CT molecular complexity index is 612. The molecule has 0 aliphatic carbocycles. The molecule has 0 saturated carbocycles. The summed E-state index contributed by atoms with van der Waals surface area (Å²) in [6, 6.07) is 5.52. The topological polar surface area (TPSA) is 112 Å². The van der Waals surface area contributed by atoms with E-state index in [1.807, 2.05) is 18.2 Å². The summed E-state index contributed by atoms with van der Waals surface area (Å²) in [6.45, 7) is 0.230. The molecule has 0 bridgehead atoms. The number of aromatic nitrogens is 3. The summed E-state index contributed by atoms with van der Waals surface area (Å²) in [5.74, 6) is 1.92. The molecule has 1 aromatic heterocycles. The number of fused-ring (bicyclic) bond motifs is 1. The van der Waals surface area contributed by atoms with E-state index >= 15 is 0 Å². The lowest BCUT2D eigenvalue weighted by Gasteiger charge is -2.17. The quantitative estimate of drug-likeness (QED) is 0.804. The van der Waals surface area contributed by atoms with E-state index in [-0.39, 0.29) is 18.7 Å². The van der Waals surface area contributed by atoms with Crippen molar-refractivity contribution in [1.29, 1.82) is 0 Å². The Balaban J connectivity index is 1.97. The lowest BCUT2D eigenvalue weighted by molar-refractivity contribution is 0.174. The van der Waals surface area contributed by atoms with E-state index in [0.717, 1.165) is 5.69 Å². The van der Waals surface area contributed by atoms with Gasteiger partial charge in [-0.3, -0.25) is 0 Å². The van der Waals surface area contributed by atoms with Crippen LogP contribution in [0.4, 0.5) is 23.5 Å². The maximum Gasteiger partial charge on any atom is 0.236 e. The van der Waals surface area contributed by atoms with Gasteiger partial charge >= 0.3 is 0 Å². The van der Waals surface area contributed by atoms with Gasteiger partial charge in [0.15, 0.2) is 11.5 Å². The van der Waals surface area contributed by atoms with E-state index in [1.165, 1.54) is 0 Å². The monoisotopic (exact) mass is 260 g/mol. The van der Waals surface area contributed by atoms with Crippen LogP contribution in [0, 0.1) is 0 Å². The zero-order valence-corrected chi connectivity index (χ0v) is 10.2. The van der Waals surface area contributed by atoms with Crippen LogP contribution < -0.4 is 25.8 Å². The Hall–Kier alpha value is -2.77. The van der Waals surface area contributed by atoms with Crippen molar-refractivity contribution < 1.29 is 9.47 Å². The predicted molar refractivity (Wildman–Crippen MR) is 69.3 cm³/mol. The molecule has 0 fully saturated rings. The SMILES string of the molecule is CN(c1ccc2c(c1)OCO2)c1nc(N)nc(N)n1. The smallest absolute Gasteiger partial charge is 0.236 e. The number of ether oxygens (including phenoxy) is 2. The molecule has 0 radical (unpaired) electrons. The highest BCUT2D eigenvalue weighted by atomic mass is 16.7. The van der Waals surface area contributed by atoms with Crippen LogP contribution in [0.5, 0.6) is 11.5 Å². The molecule has 0 unspecified atom stereocenters. The fourth-order valence-electron chi connectivity index (χ4n) is 1.76. The summed E-state index contributed by atoms with van der Waals surface area (Å²) in [5, 5.41) is 0. The molecule has 8 nitrogen and oxygen atoms in total. The highest BCUT2D eigenvalue weighted by molar-refractivity contribution is 5.63. The average Bonchev–Trinajstić information content (AvgIpc) is 2.83. The Morgan fingerprint density at radius 1 is 1.05 bits per heavy atom. The first-order valence-electron chi connectivity index (χ1n) is 5.54. The molecule has 1 aliphatic heterocycles. The molecule has 0 atom stereocenters. The number of rotatable bonds is 2. The first kappa shape index (κ1) is 11.3. The fraction of sp³-hybridized carbons (Fsp3) is 0.182. The van der Waals surface area contributed by atoms with Crippen molar-refractivity contribution in [3.8, 4) is 11.5 Å². The number of hydrogen-bond donors (Lipinski definition) is 2. The van der Waals surface area contributed by atoms with Gasteiger partial charge in [0.05, 0.1) is 0 Å². The standard InChI is InChI=1S/C11H12N6O2/c1-17(11-15-9(12)14-10(13)16-11)6-2-3-7-8(4-6)19-5-18-7/h2-4H,5H2,1H3,(H4,12,13,14,15,16). The maximum absolute atomic E-state index is 5.55. The van der Waals surface area contributed by atoms with Crippen molar-refractivity contribution in [2.24, 2.45) is 0 Å². The summed E-state index contributed by atoms with van der Waals surface area (Å²) in [6.07, 6.45) is 0. The minimum atomic E-state index is 0.0788. The summed E-state index contributed by atoms with van der Waals surface area (Å²) >= 11 is 0. The molecule has 4 N–H and O–H groups in total. The highest BCUT2D eigenvalue weighted by Gasteiger charge is 2.16. The molecule has 0 amide bonds. The number of anilines is 4. The van der Waals surface area contributed by atoms with Gasteiger partial charge in [-0.1, -0.05) is 0 Å². The molecule has 98 valence electrons. The fourth-order valence-corrected chi connectivity index (χ4v) is 1.76. The van der Waals surface area contributed by atoms with Gasteiger partial charge in [0.25, 0.3) is 0 Å². The van der Waals surface area contributed by atoms with E-state index in [9.17, 15) is 0 Å². The van der Waals surface area contributed by atoms with Gasteiger partial charge in [0.2, 0.25) is 24.6 Å². The van der Waals surface area contributed by atoms with Crippen LogP contribution in [0.25, 0.3) is 0 Å². The molecule has 3 rings (SSSR count). The highest BCUT2D eigenvalue weighted by Crippen LogP contribution is 2.36. The molecule has 0 spiro atoms. The molecule has 8 heteroatoms. The number of nitrogens with two attached hydrogens (primary N) is 2. The first-order valence-corrected chi connectivity index (χ1v) is 5.54. The number of hydrogen-bond acceptors (Lipinski definition) is 8. The largest absolute Gasteiger partial charge is 0.454 e. The van der Waals surface area contributed by atoms with E-state index in [2.05, 4.69) is 15.0 Å². The number of nitrogens with zero attached hydrogens (tertiary/aromatic N) is 4. The normalized spacial score (nSPS) is 12.5. The van der Waals surface area contributed by atoms with Gasteiger partial charge in [0.1, 0.15) is 0 Å². The third-order valence-electron chi connectivity index (χ3n) is 2.70. The second-order valence-electron chi connectivity index (χ2n) is 3.95. The molecule has 0 saturated heterocycles. The van der Waals surface area contributed by atoms with Crippen LogP contribution in [-0.2, 0) is 0 Å². The third kappa shape index (κ3) is 2.03. The van der Waals surface area contributed by atoms with Gasteiger partial charge < -0.3 is 25.8 Å². The lowest BCUT2D eigenvalue weighted by atomic mass is 10.2. The average molecular weight is 260 g/mol. The molecule has 19 heavy (non-hydrogen) atoms. The molecule has 2 aromatic rings. The summed E-state index contributed by atoms with van der Waals surface area (Å²) in [7, 11) is 1.80. The van der Waals surface area contributed by atoms with Crippen molar-refractivity contribution in [2.45, 2.75) is 0 Å². The van der Waals surface area contributed by atoms with E-state index in [1.54, 1.807) is 11.9 Å². The van der Waals surface area contributed by atoms with Gasteiger partial charge in [0, 0.05) is 18.8 Å². The molecule has 1 aromatic carbocycles. The summed E-state index contributed by atoms with van der Waals surface area (Å²) in [5.41, 5.74) is 11.9. The second kappa shape index (κ2) is 4.16. The van der Waals surface area contributed by atoms with Crippen molar-refractivity contribution in [1.82, 2.24) is 15.0 Å². The van der Waals surface area contributed by atoms with Crippen molar-refractivity contribution >= 4 is 23.5 Å². The van der Waals surface area contributed by atoms with Gasteiger partial charge in [-0.05, 0) is 12.1 Å². The predicted octanol–water partition coefficient (Wildman–Crippen LogP) is 0.533. The second-order valence-corrected chi connectivity index (χ2v) is 3.95. The Morgan fingerprint density at radius 2 is 1.74 bits per heavy atom.